The second-order valence-electron chi connectivity index (χ2n) is 7.91. The zero-order valence-electron chi connectivity index (χ0n) is 15.4. The summed E-state index contributed by atoms with van der Waals surface area (Å²) in [5, 5.41) is 3.17. The van der Waals surface area contributed by atoms with E-state index in [1.165, 1.54) is 11.3 Å². The van der Waals surface area contributed by atoms with Crippen LogP contribution in [0.15, 0.2) is 5.51 Å². The lowest BCUT2D eigenvalue weighted by atomic mass is 9.93. The molecule has 2 saturated heterocycles. The first-order chi connectivity index (χ1) is 12.6. The standard InChI is InChI=1S/C19H28N4O2S/c1-13-17(26-12-20-13)19(25)22-9-6-16(7-10-22)23-8-2-3-14(11-23)18(24)21-15-4-5-15/h12,14-16H,2-11H2,1H3,(H,21,24)/t14-/m0/s1. The summed E-state index contributed by atoms with van der Waals surface area (Å²) in [6, 6.07) is 0.945. The summed E-state index contributed by atoms with van der Waals surface area (Å²) in [5.41, 5.74) is 2.58. The van der Waals surface area contributed by atoms with Crippen LogP contribution in [0.3, 0.4) is 0 Å². The molecule has 0 bridgehead atoms. The summed E-state index contributed by atoms with van der Waals surface area (Å²) < 4.78 is 0. The number of aryl methyl sites for hydroxylation is 1. The van der Waals surface area contributed by atoms with Crippen LogP contribution in [-0.4, -0.2) is 64.9 Å². The SMILES string of the molecule is Cc1ncsc1C(=O)N1CCC(N2CCC[C@H](C(=O)NC3CC3)C2)CC1. The molecule has 2 aliphatic heterocycles. The van der Waals surface area contributed by atoms with Crippen LogP contribution in [0.5, 0.6) is 0 Å². The zero-order valence-corrected chi connectivity index (χ0v) is 16.3. The van der Waals surface area contributed by atoms with E-state index < -0.39 is 0 Å². The Morgan fingerprint density at radius 1 is 1.15 bits per heavy atom. The molecule has 3 heterocycles. The van der Waals surface area contributed by atoms with Crippen molar-refractivity contribution in [3.8, 4) is 0 Å². The van der Waals surface area contributed by atoms with Crippen molar-refractivity contribution in [2.24, 2.45) is 5.92 Å². The van der Waals surface area contributed by atoms with Gasteiger partial charge in [-0.3, -0.25) is 14.5 Å². The molecule has 142 valence electrons. The van der Waals surface area contributed by atoms with Crippen molar-refractivity contribution in [2.75, 3.05) is 26.2 Å². The number of likely N-dealkylation sites (tertiary alicyclic amines) is 2. The van der Waals surface area contributed by atoms with E-state index in [0.29, 0.717) is 12.1 Å². The number of nitrogens with zero attached hydrogens (tertiary/aromatic N) is 3. The van der Waals surface area contributed by atoms with Crippen LogP contribution < -0.4 is 5.32 Å². The number of thiazole rings is 1. The molecule has 3 fully saturated rings. The lowest BCUT2D eigenvalue weighted by molar-refractivity contribution is -0.127. The van der Waals surface area contributed by atoms with Gasteiger partial charge in [0.1, 0.15) is 4.88 Å². The third-order valence-electron chi connectivity index (χ3n) is 5.96. The maximum atomic E-state index is 12.6. The van der Waals surface area contributed by atoms with E-state index >= 15 is 0 Å². The molecular formula is C19H28N4O2S. The summed E-state index contributed by atoms with van der Waals surface area (Å²) in [6.07, 6.45) is 6.40. The van der Waals surface area contributed by atoms with Gasteiger partial charge in [0.25, 0.3) is 5.91 Å². The van der Waals surface area contributed by atoms with Gasteiger partial charge >= 0.3 is 0 Å². The Kier molecular flexibility index (Phi) is 5.27. The molecular weight excluding hydrogens is 348 g/mol. The van der Waals surface area contributed by atoms with E-state index in [4.69, 9.17) is 0 Å². The molecule has 1 N–H and O–H groups in total. The lowest BCUT2D eigenvalue weighted by Crippen LogP contribution is -2.51. The summed E-state index contributed by atoms with van der Waals surface area (Å²) in [4.78, 5) is 34.5. The molecule has 0 spiro atoms. The molecule has 0 unspecified atom stereocenters. The Labute approximate surface area is 159 Å². The molecule has 7 heteroatoms. The molecule has 26 heavy (non-hydrogen) atoms. The van der Waals surface area contributed by atoms with Gasteiger partial charge in [0.05, 0.1) is 17.1 Å². The van der Waals surface area contributed by atoms with Gasteiger partial charge in [-0.1, -0.05) is 0 Å². The van der Waals surface area contributed by atoms with Crippen LogP contribution in [0.1, 0.15) is 53.9 Å². The fourth-order valence-corrected chi connectivity index (χ4v) is 4.95. The Morgan fingerprint density at radius 3 is 2.58 bits per heavy atom. The number of aromatic nitrogens is 1. The number of hydrogen-bond acceptors (Lipinski definition) is 5. The van der Waals surface area contributed by atoms with Crippen LogP contribution in [0, 0.1) is 12.8 Å². The fourth-order valence-electron chi connectivity index (χ4n) is 4.18. The van der Waals surface area contributed by atoms with Crippen LogP contribution in [-0.2, 0) is 4.79 Å². The summed E-state index contributed by atoms with van der Waals surface area (Å²) in [7, 11) is 0. The topological polar surface area (TPSA) is 65.5 Å². The fraction of sp³-hybridized carbons (Fsp3) is 0.737. The number of hydrogen-bond donors (Lipinski definition) is 1. The highest BCUT2D eigenvalue weighted by atomic mass is 32.1. The third-order valence-corrected chi connectivity index (χ3v) is 6.87. The Bertz CT molecular complexity index is 664. The average molecular weight is 377 g/mol. The molecule has 2 amide bonds. The van der Waals surface area contributed by atoms with Crippen LogP contribution in [0.4, 0.5) is 0 Å². The normalized spacial score (nSPS) is 25.3. The first-order valence-electron chi connectivity index (χ1n) is 9.85. The molecule has 6 nitrogen and oxygen atoms in total. The molecule has 3 aliphatic rings. The molecule has 1 aromatic rings. The number of amides is 2. The van der Waals surface area contributed by atoms with Crippen LogP contribution >= 0.6 is 11.3 Å². The first-order valence-corrected chi connectivity index (χ1v) is 10.7. The predicted octanol–water partition coefficient (Wildman–Crippen LogP) is 2.05. The first kappa shape index (κ1) is 17.9. The summed E-state index contributed by atoms with van der Waals surface area (Å²) in [5.74, 6) is 0.526. The number of piperidine rings is 2. The van der Waals surface area contributed by atoms with Gasteiger partial charge in [0, 0.05) is 31.7 Å². The van der Waals surface area contributed by atoms with E-state index in [1.54, 1.807) is 5.51 Å². The van der Waals surface area contributed by atoms with E-state index in [9.17, 15) is 9.59 Å². The third kappa shape index (κ3) is 3.93. The maximum absolute atomic E-state index is 12.6. The molecule has 4 rings (SSSR count). The van der Waals surface area contributed by atoms with Gasteiger partial charge in [0.15, 0.2) is 0 Å². The van der Waals surface area contributed by atoms with Crippen molar-refractivity contribution in [3.63, 3.8) is 0 Å². The molecule has 1 atom stereocenters. The molecule has 0 radical (unpaired) electrons. The summed E-state index contributed by atoms with van der Waals surface area (Å²) >= 11 is 1.44. The Hall–Kier alpha value is -1.47. The van der Waals surface area contributed by atoms with E-state index in [2.05, 4.69) is 15.2 Å². The molecule has 0 aromatic carbocycles. The van der Waals surface area contributed by atoms with Gasteiger partial charge in [-0.2, -0.15) is 0 Å². The number of carbonyl (C=O) groups excluding carboxylic acids is 2. The molecule has 1 aliphatic carbocycles. The van der Waals surface area contributed by atoms with Crippen LogP contribution in [0.2, 0.25) is 0 Å². The largest absolute Gasteiger partial charge is 0.353 e. The highest BCUT2D eigenvalue weighted by Gasteiger charge is 2.34. The van der Waals surface area contributed by atoms with Crippen molar-refractivity contribution >= 4 is 23.2 Å². The van der Waals surface area contributed by atoms with Crippen molar-refractivity contribution in [1.29, 1.82) is 0 Å². The Balaban J connectivity index is 1.29. The summed E-state index contributed by atoms with van der Waals surface area (Å²) in [6.45, 7) is 5.47. The van der Waals surface area contributed by atoms with E-state index in [-0.39, 0.29) is 17.7 Å². The highest BCUT2D eigenvalue weighted by molar-refractivity contribution is 7.11. The minimum atomic E-state index is 0.129. The van der Waals surface area contributed by atoms with Gasteiger partial charge in [0.2, 0.25) is 5.91 Å². The second kappa shape index (κ2) is 7.64. The second-order valence-corrected chi connectivity index (χ2v) is 8.76. The molecule has 1 saturated carbocycles. The number of rotatable bonds is 4. The van der Waals surface area contributed by atoms with Gasteiger partial charge in [-0.15, -0.1) is 11.3 Å². The van der Waals surface area contributed by atoms with Gasteiger partial charge < -0.3 is 10.2 Å². The van der Waals surface area contributed by atoms with Crippen molar-refractivity contribution in [3.05, 3.63) is 16.1 Å². The quantitative estimate of drug-likeness (QED) is 0.873. The van der Waals surface area contributed by atoms with E-state index in [0.717, 1.165) is 75.3 Å². The van der Waals surface area contributed by atoms with Crippen LogP contribution in [0.25, 0.3) is 0 Å². The van der Waals surface area contributed by atoms with Crippen molar-refractivity contribution in [1.82, 2.24) is 20.1 Å². The predicted molar refractivity (Wildman–Crippen MR) is 101 cm³/mol. The minimum absolute atomic E-state index is 0.129. The minimum Gasteiger partial charge on any atom is -0.353 e. The maximum Gasteiger partial charge on any atom is 0.265 e. The van der Waals surface area contributed by atoms with Gasteiger partial charge in [-0.05, 0) is 52.0 Å². The van der Waals surface area contributed by atoms with Crippen molar-refractivity contribution < 1.29 is 9.59 Å². The average Bonchev–Trinajstić information content (AvgIpc) is 3.39. The van der Waals surface area contributed by atoms with Gasteiger partial charge in [-0.25, -0.2) is 4.98 Å². The smallest absolute Gasteiger partial charge is 0.265 e. The lowest BCUT2D eigenvalue weighted by Gasteiger charge is -2.42. The zero-order chi connectivity index (χ0) is 18.1. The number of nitrogens with one attached hydrogen (secondary N) is 1. The Morgan fingerprint density at radius 2 is 1.92 bits per heavy atom. The number of carbonyl (C=O) groups is 2. The molecule has 1 aromatic heterocycles. The monoisotopic (exact) mass is 376 g/mol. The highest BCUT2D eigenvalue weighted by Crippen LogP contribution is 2.27. The van der Waals surface area contributed by atoms with Crippen molar-refractivity contribution in [2.45, 2.75) is 57.5 Å². The van der Waals surface area contributed by atoms with E-state index in [1.807, 2.05) is 11.8 Å².